The minimum atomic E-state index is -0.237. The lowest BCUT2D eigenvalue weighted by Crippen LogP contribution is -2.31. The summed E-state index contributed by atoms with van der Waals surface area (Å²) in [6.45, 7) is 6.98. The predicted molar refractivity (Wildman–Crippen MR) is 74.9 cm³/mol. The molecule has 1 heterocycles. The van der Waals surface area contributed by atoms with Gasteiger partial charge >= 0.3 is 0 Å². The van der Waals surface area contributed by atoms with Crippen LogP contribution in [0.15, 0.2) is 0 Å². The topological polar surface area (TPSA) is 90.1 Å². The number of aromatic nitrogens is 2. The van der Waals surface area contributed by atoms with E-state index in [1.807, 2.05) is 0 Å². The van der Waals surface area contributed by atoms with Gasteiger partial charge in [0, 0.05) is 19.1 Å². The Kier molecular flexibility index (Phi) is 5.84. The summed E-state index contributed by atoms with van der Waals surface area (Å²) in [6.07, 6.45) is 0.0253. The first-order valence-electron chi connectivity index (χ1n) is 6.19. The third-order valence-electron chi connectivity index (χ3n) is 2.55. The smallest absolute Gasteiger partial charge is 0.223 e. The number of methoxy groups -OCH3 is 1. The van der Waals surface area contributed by atoms with Gasteiger partial charge in [-0.3, -0.25) is 4.79 Å². The molecule has 0 radical (unpaired) electrons. The van der Waals surface area contributed by atoms with Crippen molar-refractivity contribution in [1.82, 2.24) is 15.5 Å². The minimum absolute atomic E-state index is 0.0133. The van der Waals surface area contributed by atoms with Crippen molar-refractivity contribution in [3.8, 4) is 0 Å². The third kappa shape index (κ3) is 5.22. The maximum absolute atomic E-state index is 11.7. The summed E-state index contributed by atoms with van der Waals surface area (Å²) < 4.78 is 5.06. The number of rotatable bonds is 6. The van der Waals surface area contributed by atoms with Gasteiger partial charge in [-0.1, -0.05) is 32.1 Å². The predicted octanol–water partition coefficient (Wildman–Crippen LogP) is 0.816. The van der Waals surface area contributed by atoms with Crippen molar-refractivity contribution in [2.24, 2.45) is 5.73 Å². The Morgan fingerprint density at radius 1 is 1.47 bits per heavy atom. The van der Waals surface area contributed by atoms with Crippen LogP contribution in [0.5, 0.6) is 0 Å². The zero-order chi connectivity index (χ0) is 14.5. The third-order valence-corrected chi connectivity index (χ3v) is 3.90. The Morgan fingerprint density at radius 3 is 2.63 bits per heavy atom. The number of nitrogens with zero attached hydrogens (tertiary/aromatic N) is 2. The van der Waals surface area contributed by atoms with E-state index in [2.05, 4.69) is 36.3 Å². The van der Waals surface area contributed by atoms with E-state index in [4.69, 9.17) is 10.5 Å². The molecule has 0 fully saturated rings. The molecule has 0 spiro atoms. The molecule has 0 aliphatic carbocycles. The van der Waals surface area contributed by atoms with Gasteiger partial charge in [-0.05, 0) is 0 Å². The van der Waals surface area contributed by atoms with E-state index in [0.29, 0.717) is 13.1 Å². The molecule has 0 saturated heterocycles. The Balaban J connectivity index is 2.44. The van der Waals surface area contributed by atoms with Gasteiger partial charge < -0.3 is 15.8 Å². The van der Waals surface area contributed by atoms with Crippen LogP contribution in [0.4, 0.5) is 0 Å². The van der Waals surface area contributed by atoms with Gasteiger partial charge in [-0.2, -0.15) is 0 Å². The molecule has 1 atom stereocenters. The molecule has 19 heavy (non-hydrogen) atoms. The molecule has 1 aromatic heterocycles. The largest absolute Gasteiger partial charge is 0.380 e. The average Bonchev–Trinajstić information content (AvgIpc) is 2.82. The first-order valence-corrected chi connectivity index (χ1v) is 7.01. The van der Waals surface area contributed by atoms with E-state index in [0.717, 1.165) is 10.0 Å². The van der Waals surface area contributed by atoms with Crippen molar-refractivity contribution in [1.29, 1.82) is 0 Å². The average molecular weight is 286 g/mol. The zero-order valence-corrected chi connectivity index (χ0v) is 12.7. The Morgan fingerprint density at radius 2 is 2.16 bits per heavy atom. The highest BCUT2D eigenvalue weighted by atomic mass is 32.1. The summed E-state index contributed by atoms with van der Waals surface area (Å²) in [5, 5.41) is 12.8. The van der Waals surface area contributed by atoms with Gasteiger partial charge in [0.05, 0.1) is 19.1 Å². The second-order valence-electron chi connectivity index (χ2n) is 5.33. The first-order chi connectivity index (χ1) is 8.86. The minimum Gasteiger partial charge on any atom is -0.380 e. The normalized spacial score (nSPS) is 13.3. The number of amides is 1. The second kappa shape index (κ2) is 6.93. The van der Waals surface area contributed by atoms with Gasteiger partial charge in [-0.25, -0.2) is 0 Å². The standard InChI is InChI=1S/C12H22N4O2S/c1-12(2,3)11-16-15-10(19-11)7-14-9(17)5-8(6-13)18-4/h8H,5-7,13H2,1-4H3,(H,14,17). The van der Waals surface area contributed by atoms with E-state index in [1.165, 1.54) is 11.3 Å². The van der Waals surface area contributed by atoms with Crippen LogP contribution in [0.3, 0.4) is 0 Å². The highest BCUT2D eigenvalue weighted by Gasteiger charge is 2.19. The molecule has 0 aliphatic heterocycles. The van der Waals surface area contributed by atoms with Gasteiger partial charge in [0.25, 0.3) is 0 Å². The number of carbonyl (C=O) groups is 1. The number of hydrogen-bond acceptors (Lipinski definition) is 6. The molecule has 3 N–H and O–H groups in total. The quantitative estimate of drug-likeness (QED) is 0.808. The number of ether oxygens (including phenoxy) is 1. The highest BCUT2D eigenvalue weighted by Crippen LogP contribution is 2.25. The second-order valence-corrected chi connectivity index (χ2v) is 6.39. The van der Waals surface area contributed by atoms with Crippen LogP contribution in [-0.4, -0.2) is 35.9 Å². The molecule has 0 bridgehead atoms. The number of nitrogens with two attached hydrogens (primary N) is 1. The molecule has 0 saturated carbocycles. The Hall–Kier alpha value is -1.05. The summed E-state index contributed by atoms with van der Waals surface area (Å²) >= 11 is 1.52. The molecule has 6 nitrogen and oxygen atoms in total. The summed E-state index contributed by atoms with van der Waals surface area (Å²) in [7, 11) is 1.55. The zero-order valence-electron chi connectivity index (χ0n) is 11.9. The van der Waals surface area contributed by atoms with Crippen molar-refractivity contribution >= 4 is 17.2 Å². The fourth-order valence-corrected chi connectivity index (χ4v) is 2.18. The van der Waals surface area contributed by atoms with Crippen molar-refractivity contribution < 1.29 is 9.53 Å². The van der Waals surface area contributed by atoms with E-state index < -0.39 is 0 Å². The molecule has 1 rings (SSSR count). The fraction of sp³-hybridized carbons (Fsp3) is 0.750. The van der Waals surface area contributed by atoms with Crippen molar-refractivity contribution in [3.05, 3.63) is 10.0 Å². The molecule has 0 aromatic carbocycles. The Labute approximate surface area is 117 Å². The maximum atomic E-state index is 11.7. The number of carbonyl (C=O) groups excluding carboxylic acids is 1. The van der Waals surface area contributed by atoms with Crippen LogP contribution in [0, 0.1) is 0 Å². The van der Waals surface area contributed by atoms with Crippen LogP contribution >= 0.6 is 11.3 Å². The van der Waals surface area contributed by atoms with Crippen LogP contribution in [0.2, 0.25) is 0 Å². The van der Waals surface area contributed by atoms with Crippen molar-refractivity contribution in [2.45, 2.75) is 45.3 Å². The van der Waals surface area contributed by atoms with E-state index >= 15 is 0 Å². The van der Waals surface area contributed by atoms with Crippen LogP contribution < -0.4 is 11.1 Å². The van der Waals surface area contributed by atoms with Crippen molar-refractivity contribution in [2.75, 3.05) is 13.7 Å². The molecule has 108 valence electrons. The highest BCUT2D eigenvalue weighted by molar-refractivity contribution is 7.11. The molecule has 1 aromatic rings. The van der Waals surface area contributed by atoms with Crippen LogP contribution in [-0.2, 0) is 21.5 Å². The van der Waals surface area contributed by atoms with Crippen LogP contribution in [0.25, 0.3) is 0 Å². The summed E-state index contributed by atoms with van der Waals surface area (Å²) in [5.41, 5.74) is 5.45. The van der Waals surface area contributed by atoms with E-state index in [1.54, 1.807) is 7.11 Å². The lowest BCUT2D eigenvalue weighted by Gasteiger charge is -2.12. The van der Waals surface area contributed by atoms with Crippen LogP contribution in [0.1, 0.15) is 37.2 Å². The van der Waals surface area contributed by atoms with E-state index in [9.17, 15) is 4.79 Å². The summed E-state index contributed by atoms with van der Waals surface area (Å²) in [5.74, 6) is -0.0928. The maximum Gasteiger partial charge on any atom is 0.223 e. The lowest BCUT2D eigenvalue weighted by atomic mass is 9.98. The molecular formula is C12H22N4O2S. The number of hydrogen-bond donors (Lipinski definition) is 2. The molecule has 7 heteroatoms. The number of nitrogens with one attached hydrogen (secondary N) is 1. The molecular weight excluding hydrogens is 264 g/mol. The molecule has 1 amide bonds. The van der Waals surface area contributed by atoms with Gasteiger partial charge in [0.2, 0.25) is 5.91 Å². The molecule has 0 aliphatic rings. The lowest BCUT2D eigenvalue weighted by molar-refractivity contribution is -0.123. The summed E-state index contributed by atoms with van der Waals surface area (Å²) in [6, 6.07) is 0. The SMILES string of the molecule is COC(CN)CC(=O)NCc1nnc(C(C)(C)C)s1. The van der Waals surface area contributed by atoms with Gasteiger partial charge in [0.1, 0.15) is 10.0 Å². The van der Waals surface area contributed by atoms with Gasteiger partial charge in [0.15, 0.2) is 0 Å². The van der Waals surface area contributed by atoms with Gasteiger partial charge in [-0.15, -0.1) is 10.2 Å². The first kappa shape index (κ1) is 16.0. The Bertz CT molecular complexity index is 410. The van der Waals surface area contributed by atoms with Crippen molar-refractivity contribution in [3.63, 3.8) is 0 Å². The molecule has 1 unspecified atom stereocenters. The summed E-state index contributed by atoms with van der Waals surface area (Å²) in [4.78, 5) is 11.7. The fourth-order valence-electron chi connectivity index (χ4n) is 1.34. The monoisotopic (exact) mass is 286 g/mol. The van der Waals surface area contributed by atoms with E-state index in [-0.39, 0.29) is 23.8 Å².